The molecule has 0 bridgehead atoms. The third kappa shape index (κ3) is 4.39. The first kappa shape index (κ1) is 15.7. The zero-order chi connectivity index (χ0) is 15.2. The summed E-state index contributed by atoms with van der Waals surface area (Å²) in [6.07, 6.45) is -0.692. The average molecular weight is 304 g/mol. The molecule has 1 amide bonds. The maximum atomic E-state index is 12.2. The van der Waals surface area contributed by atoms with Crippen molar-refractivity contribution >= 4 is 17.2 Å². The highest BCUT2D eigenvalue weighted by Gasteiger charge is 2.21. The molecule has 21 heavy (non-hydrogen) atoms. The van der Waals surface area contributed by atoms with Gasteiger partial charge in [-0.3, -0.25) is 4.79 Å². The minimum atomic E-state index is -0.692. The lowest BCUT2D eigenvalue weighted by molar-refractivity contribution is -0.134. The Hall–Kier alpha value is -1.69. The number of benzene rings is 1. The second-order valence-corrected chi connectivity index (χ2v) is 5.85. The molecule has 5 heteroatoms. The molecule has 0 radical (unpaired) electrons. The first-order valence-electron chi connectivity index (χ1n) is 6.86. The second-order valence-electron chi connectivity index (χ2n) is 5.07. The van der Waals surface area contributed by atoms with Crippen LogP contribution in [0.5, 0.6) is 0 Å². The molecule has 1 aromatic heterocycles. The van der Waals surface area contributed by atoms with Crippen molar-refractivity contribution in [2.75, 3.05) is 6.54 Å². The maximum Gasteiger partial charge on any atom is 0.239 e. The summed E-state index contributed by atoms with van der Waals surface area (Å²) >= 11 is 1.53. The number of aliphatic hydroxyl groups excluding tert-OH is 1. The Labute approximate surface area is 128 Å². The molecule has 0 saturated heterocycles. The van der Waals surface area contributed by atoms with E-state index in [9.17, 15) is 9.90 Å². The normalized spacial score (nSPS) is 13.7. The topological polar surface area (TPSA) is 66.6 Å². The van der Waals surface area contributed by atoms with Crippen LogP contribution >= 0.6 is 11.3 Å². The Bertz CT molecular complexity index is 555. The fourth-order valence-electron chi connectivity index (χ4n) is 2.10. The van der Waals surface area contributed by atoms with E-state index in [1.165, 1.54) is 11.3 Å². The molecule has 0 fully saturated rings. The van der Waals surface area contributed by atoms with Crippen LogP contribution in [0.1, 0.15) is 24.2 Å². The number of thiophene rings is 1. The van der Waals surface area contributed by atoms with Gasteiger partial charge in [0.05, 0.1) is 18.7 Å². The van der Waals surface area contributed by atoms with Gasteiger partial charge in [0, 0.05) is 6.54 Å². The van der Waals surface area contributed by atoms with Crippen molar-refractivity contribution < 1.29 is 9.90 Å². The van der Waals surface area contributed by atoms with E-state index < -0.39 is 12.1 Å². The van der Waals surface area contributed by atoms with Gasteiger partial charge >= 0.3 is 0 Å². The van der Waals surface area contributed by atoms with Crippen molar-refractivity contribution in [1.82, 2.24) is 4.90 Å². The number of hydrogen-bond acceptors (Lipinski definition) is 4. The van der Waals surface area contributed by atoms with Crippen molar-refractivity contribution in [2.24, 2.45) is 5.73 Å². The van der Waals surface area contributed by atoms with Crippen LogP contribution in [0.2, 0.25) is 0 Å². The largest absolute Gasteiger partial charge is 0.387 e. The Morgan fingerprint density at radius 2 is 2.05 bits per heavy atom. The number of aliphatic hydroxyl groups is 1. The number of nitrogens with two attached hydrogens (primary N) is 1. The summed E-state index contributed by atoms with van der Waals surface area (Å²) in [6, 6.07) is 11.0. The predicted molar refractivity (Wildman–Crippen MR) is 84.8 cm³/mol. The minimum Gasteiger partial charge on any atom is -0.387 e. The molecular weight excluding hydrogens is 284 g/mol. The van der Waals surface area contributed by atoms with Crippen molar-refractivity contribution in [1.29, 1.82) is 0 Å². The van der Waals surface area contributed by atoms with E-state index in [1.807, 2.05) is 47.2 Å². The monoisotopic (exact) mass is 304 g/mol. The van der Waals surface area contributed by atoms with Crippen LogP contribution in [0, 0.1) is 0 Å². The van der Waals surface area contributed by atoms with Crippen LogP contribution in [-0.4, -0.2) is 28.5 Å². The molecule has 1 unspecified atom stereocenters. The maximum absolute atomic E-state index is 12.2. The number of carbonyl (C=O) groups excluding carboxylic acids is 1. The Morgan fingerprint density at radius 1 is 1.33 bits per heavy atom. The van der Waals surface area contributed by atoms with Gasteiger partial charge in [0.1, 0.15) is 0 Å². The smallest absolute Gasteiger partial charge is 0.239 e. The van der Waals surface area contributed by atoms with Gasteiger partial charge in [-0.25, -0.2) is 0 Å². The number of rotatable bonds is 6. The van der Waals surface area contributed by atoms with Crippen molar-refractivity contribution in [3.05, 3.63) is 58.3 Å². The zero-order valence-electron chi connectivity index (χ0n) is 12.0. The lowest BCUT2D eigenvalue weighted by Gasteiger charge is -2.27. The van der Waals surface area contributed by atoms with E-state index >= 15 is 0 Å². The summed E-state index contributed by atoms with van der Waals surface area (Å²) in [5.74, 6) is -0.159. The van der Waals surface area contributed by atoms with Gasteiger partial charge in [-0.1, -0.05) is 30.3 Å². The van der Waals surface area contributed by atoms with E-state index in [0.29, 0.717) is 6.54 Å². The second kappa shape index (κ2) is 7.36. The van der Waals surface area contributed by atoms with E-state index in [0.717, 1.165) is 11.1 Å². The number of carbonyl (C=O) groups is 1. The predicted octanol–water partition coefficient (Wildman–Crippen LogP) is 2.16. The molecule has 1 heterocycles. The molecule has 0 aliphatic heterocycles. The van der Waals surface area contributed by atoms with Gasteiger partial charge < -0.3 is 15.7 Å². The molecular formula is C16H20N2O2S. The van der Waals surface area contributed by atoms with Crippen LogP contribution in [0.4, 0.5) is 0 Å². The van der Waals surface area contributed by atoms with Gasteiger partial charge in [-0.2, -0.15) is 11.3 Å². The van der Waals surface area contributed by atoms with Gasteiger partial charge in [-0.15, -0.1) is 0 Å². The van der Waals surface area contributed by atoms with E-state index in [2.05, 4.69) is 0 Å². The Kier molecular flexibility index (Phi) is 5.50. The summed E-state index contributed by atoms with van der Waals surface area (Å²) in [7, 11) is 0. The molecule has 112 valence electrons. The number of amides is 1. The highest BCUT2D eigenvalue weighted by molar-refractivity contribution is 7.07. The average Bonchev–Trinajstić information content (AvgIpc) is 3.01. The lowest BCUT2D eigenvalue weighted by atomic mass is 10.1. The van der Waals surface area contributed by atoms with Gasteiger partial charge in [0.15, 0.2) is 0 Å². The quantitative estimate of drug-likeness (QED) is 0.859. The van der Waals surface area contributed by atoms with Crippen LogP contribution < -0.4 is 5.73 Å². The number of hydrogen-bond donors (Lipinski definition) is 2. The molecule has 2 aromatic rings. The molecule has 0 aliphatic rings. The van der Waals surface area contributed by atoms with Crippen LogP contribution in [0.15, 0.2) is 47.2 Å². The minimum absolute atomic E-state index is 0.159. The SMILES string of the molecule is C[C@@H](N)C(=O)N(Cc1ccccc1)CC(O)c1ccsc1. The third-order valence-corrected chi connectivity index (χ3v) is 3.94. The third-order valence-electron chi connectivity index (χ3n) is 3.24. The van der Waals surface area contributed by atoms with Gasteiger partial charge in [0.2, 0.25) is 5.91 Å². The Balaban J connectivity index is 2.10. The highest BCUT2D eigenvalue weighted by Crippen LogP contribution is 2.19. The van der Waals surface area contributed by atoms with Crippen molar-refractivity contribution in [3.8, 4) is 0 Å². The molecule has 1 aromatic carbocycles. The summed E-state index contributed by atoms with van der Waals surface area (Å²) < 4.78 is 0. The summed E-state index contributed by atoms with van der Waals surface area (Å²) in [5, 5.41) is 14.1. The van der Waals surface area contributed by atoms with E-state index in [4.69, 9.17) is 5.73 Å². The van der Waals surface area contributed by atoms with E-state index in [-0.39, 0.29) is 12.5 Å². The molecule has 3 N–H and O–H groups in total. The van der Waals surface area contributed by atoms with Gasteiger partial charge in [-0.05, 0) is 34.9 Å². The zero-order valence-corrected chi connectivity index (χ0v) is 12.8. The number of nitrogens with zero attached hydrogens (tertiary/aromatic N) is 1. The molecule has 2 rings (SSSR count). The van der Waals surface area contributed by atoms with Crippen LogP contribution in [-0.2, 0) is 11.3 Å². The Morgan fingerprint density at radius 3 is 2.62 bits per heavy atom. The fraction of sp³-hybridized carbons (Fsp3) is 0.312. The highest BCUT2D eigenvalue weighted by atomic mass is 32.1. The van der Waals surface area contributed by atoms with Crippen molar-refractivity contribution in [2.45, 2.75) is 25.6 Å². The first-order chi connectivity index (χ1) is 10.1. The van der Waals surface area contributed by atoms with E-state index in [1.54, 1.807) is 11.8 Å². The standard InChI is InChI=1S/C16H20N2O2S/c1-12(17)16(20)18(9-13-5-3-2-4-6-13)10-15(19)14-7-8-21-11-14/h2-8,11-12,15,19H,9-10,17H2,1H3/t12-,15?/m1/s1. The molecule has 4 nitrogen and oxygen atoms in total. The first-order valence-corrected chi connectivity index (χ1v) is 7.80. The summed E-state index contributed by atoms with van der Waals surface area (Å²) in [6.45, 7) is 2.35. The lowest BCUT2D eigenvalue weighted by Crippen LogP contribution is -2.43. The van der Waals surface area contributed by atoms with Crippen molar-refractivity contribution in [3.63, 3.8) is 0 Å². The summed E-state index contributed by atoms with van der Waals surface area (Å²) in [4.78, 5) is 13.9. The summed E-state index contributed by atoms with van der Waals surface area (Å²) in [5.41, 5.74) is 7.56. The molecule has 0 saturated carbocycles. The fourth-order valence-corrected chi connectivity index (χ4v) is 2.81. The van der Waals surface area contributed by atoms with Gasteiger partial charge in [0.25, 0.3) is 0 Å². The molecule has 2 atom stereocenters. The molecule has 0 aliphatic carbocycles. The molecule has 0 spiro atoms. The van der Waals surface area contributed by atoms with Crippen LogP contribution in [0.25, 0.3) is 0 Å². The van der Waals surface area contributed by atoms with Crippen LogP contribution in [0.3, 0.4) is 0 Å².